The standard InChI is InChI=1S/C25H29N3O2S/c1-17-9-10-21(18(2)15-17)24-26-19(3)23(31-24)25(30)28-13-11-27(12-14-28)16-22(29)20-7-5-4-6-8-20/h4-10,15,22,29H,11-14,16H2,1-3H3. The molecule has 0 aliphatic carbocycles. The van der Waals surface area contributed by atoms with Gasteiger partial charge < -0.3 is 10.0 Å². The molecule has 0 bridgehead atoms. The summed E-state index contributed by atoms with van der Waals surface area (Å²) in [6.45, 7) is 9.52. The van der Waals surface area contributed by atoms with Crippen LogP contribution in [0.4, 0.5) is 0 Å². The van der Waals surface area contributed by atoms with Crippen molar-refractivity contribution in [3.63, 3.8) is 0 Å². The van der Waals surface area contributed by atoms with Gasteiger partial charge in [0, 0.05) is 38.3 Å². The average Bonchev–Trinajstić information content (AvgIpc) is 3.15. The van der Waals surface area contributed by atoms with Crippen molar-refractivity contribution in [1.29, 1.82) is 0 Å². The second kappa shape index (κ2) is 9.30. The second-order valence-corrected chi connectivity index (χ2v) is 9.27. The van der Waals surface area contributed by atoms with Crippen LogP contribution in [0.3, 0.4) is 0 Å². The maximum Gasteiger partial charge on any atom is 0.265 e. The predicted octanol–water partition coefficient (Wildman–Crippen LogP) is 4.23. The Bertz CT molecular complexity index is 1060. The third-order valence-electron chi connectivity index (χ3n) is 5.88. The molecule has 1 fully saturated rings. The van der Waals surface area contributed by atoms with E-state index in [1.807, 2.05) is 42.2 Å². The fourth-order valence-electron chi connectivity index (χ4n) is 4.07. The highest BCUT2D eigenvalue weighted by Crippen LogP contribution is 2.31. The van der Waals surface area contributed by atoms with Gasteiger partial charge in [-0.3, -0.25) is 9.69 Å². The molecule has 6 heteroatoms. The number of thiazole rings is 1. The molecule has 0 saturated carbocycles. The molecule has 3 aromatic rings. The molecule has 1 amide bonds. The number of piperazine rings is 1. The Morgan fingerprint density at radius 3 is 2.45 bits per heavy atom. The van der Waals surface area contributed by atoms with Crippen molar-refractivity contribution < 1.29 is 9.90 Å². The summed E-state index contributed by atoms with van der Waals surface area (Å²) in [7, 11) is 0. The number of aliphatic hydroxyl groups excluding tert-OH is 1. The Kier molecular flexibility index (Phi) is 6.51. The van der Waals surface area contributed by atoms with Gasteiger partial charge in [0.25, 0.3) is 5.91 Å². The van der Waals surface area contributed by atoms with Crippen molar-refractivity contribution in [1.82, 2.24) is 14.8 Å². The number of aromatic nitrogens is 1. The lowest BCUT2D eigenvalue weighted by atomic mass is 10.1. The third kappa shape index (κ3) is 4.87. The van der Waals surface area contributed by atoms with Crippen molar-refractivity contribution >= 4 is 17.2 Å². The summed E-state index contributed by atoms with van der Waals surface area (Å²) in [6.07, 6.45) is -0.507. The van der Waals surface area contributed by atoms with Gasteiger partial charge in [-0.25, -0.2) is 4.98 Å². The van der Waals surface area contributed by atoms with Crippen LogP contribution in [0.15, 0.2) is 48.5 Å². The number of carbonyl (C=O) groups is 1. The number of nitrogens with zero attached hydrogens (tertiary/aromatic N) is 3. The number of rotatable bonds is 5. The summed E-state index contributed by atoms with van der Waals surface area (Å²) in [6, 6.07) is 16.1. The van der Waals surface area contributed by atoms with Gasteiger partial charge in [0.15, 0.2) is 0 Å². The van der Waals surface area contributed by atoms with Crippen molar-refractivity contribution in [3.8, 4) is 10.6 Å². The van der Waals surface area contributed by atoms with Crippen LogP contribution >= 0.6 is 11.3 Å². The molecule has 1 unspecified atom stereocenters. The van der Waals surface area contributed by atoms with Crippen LogP contribution in [0.5, 0.6) is 0 Å². The summed E-state index contributed by atoms with van der Waals surface area (Å²) in [5.74, 6) is 0.0641. The lowest BCUT2D eigenvalue weighted by Crippen LogP contribution is -2.49. The van der Waals surface area contributed by atoms with Gasteiger partial charge in [-0.2, -0.15) is 0 Å². The lowest BCUT2D eigenvalue weighted by molar-refractivity contribution is 0.0530. The summed E-state index contributed by atoms with van der Waals surface area (Å²) < 4.78 is 0. The summed E-state index contributed by atoms with van der Waals surface area (Å²) in [5, 5.41) is 11.4. The molecular weight excluding hydrogens is 406 g/mol. The topological polar surface area (TPSA) is 56.7 Å². The fourth-order valence-corrected chi connectivity index (χ4v) is 5.19. The van der Waals surface area contributed by atoms with Crippen LogP contribution in [0.1, 0.15) is 38.2 Å². The Labute approximate surface area is 188 Å². The van der Waals surface area contributed by atoms with Crippen molar-refractivity contribution in [2.24, 2.45) is 0 Å². The Morgan fingerprint density at radius 2 is 1.77 bits per heavy atom. The van der Waals surface area contributed by atoms with Crippen molar-refractivity contribution in [3.05, 3.63) is 75.8 Å². The smallest absolute Gasteiger partial charge is 0.265 e. The highest BCUT2D eigenvalue weighted by molar-refractivity contribution is 7.17. The number of benzene rings is 2. The molecule has 1 N–H and O–H groups in total. The highest BCUT2D eigenvalue weighted by Gasteiger charge is 2.26. The van der Waals surface area contributed by atoms with E-state index in [0.717, 1.165) is 39.8 Å². The molecule has 4 rings (SSSR count). The first-order valence-corrected chi connectivity index (χ1v) is 11.5. The molecule has 1 aromatic heterocycles. The molecule has 5 nitrogen and oxygen atoms in total. The molecule has 1 atom stereocenters. The zero-order chi connectivity index (χ0) is 22.0. The molecule has 1 saturated heterocycles. The molecule has 1 aliphatic heterocycles. The predicted molar refractivity (Wildman–Crippen MR) is 126 cm³/mol. The SMILES string of the molecule is Cc1ccc(-c2nc(C)c(C(=O)N3CCN(CC(O)c4ccccc4)CC3)s2)c(C)c1. The van der Waals surface area contributed by atoms with Gasteiger partial charge in [-0.15, -0.1) is 11.3 Å². The lowest BCUT2D eigenvalue weighted by Gasteiger charge is -2.35. The van der Waals surface area contributed by atoms with Gasteiger partial charge in [-0.1, -0.05) is 54.1 Å². The zero-order valence-electron chi connectivity index (χ0n) is 18.3. The van der Waals surface area contributed by atoms with Crippen molar-refractivity contribution in [2.75, 3.05) is 32.7 Å². The summed E-state index contributed by atoms with van der Waals surface area (Å²) in [4.78, 5) is 22.8. The van der Waals surface area contributed by atoms with Crippen LogP contribution in [0, 0.1) is 20.8 Å². The molecule has 31 heavy (non-hydrogen) atoms. The minimum Gasteiger partial charge on any atom is -0.387 e. The quantitative estimate of drug-likeness (QED) is 0.652. The Morgan fingerprint density at radius 1 is 1.06 bits per heavy atom. The molecular formula is C25H29N3O2S. The minimum atomic E-state index is -0.507. The van der Waals surface area contributed by atoms with E-state index >= 15 is 0 Å². The van der Waals surface area contributed by atoms with Crippen LogP contribution in [0.25, 0.3) is 10.6 Å². The Hall–Kier alpha value is -2.54. The number of aliphatic hydroxyl groups is 1. The van der Waals surface area contributed by atoms with Gasteiger partial charge in [0.1, 0.15) is 9.88 Å². The number of hydrogen-bond donors (Lipinski definition) is 1. The fraction of sp³-hybridized carbons (Fsp3) is 0.360. The molecule has 0 radical (unpaired) electrons. The monoisotopic (exact) mass is 435 g/mol. The number of β-amino-alcohol motifs (C(OH)–C–C–N with tert-alkyl or cyclic N) is 1. The van der Waals surface area contributed by atoms with E-state index < -0.39 is 6.10 Å². The number of carbonyl (C=O) groups excluding carboxylic acids is 1. The maximum atomic E-state index is 13.2. The van der Waals surface area contributed by atoms with E-state index in [-0.39, 0.29) is 5.91 Å². The molecule has 2 heterocycles. The van der Waals surface area contributed by atoms with E-state index in [1.165, 1.54) is 22.5 Å². The highest BCUT2D eigenvalue weighted by atomic mass is 32.1. The van der Waals surface area contributed by atoms with Gasteiger partial charge in [-0.05, 0) is 31.9 Å². The molecule has 0 spiro atoms. The van der Waals surface area contributed by atoms with Crippen LogP contribution in [-0.4, -0.2) is 58.5 Å². The molecule has 162 valence electrons. The van der Waals surface area contributed by atoms with Crippen LogP contribution < -0.4 is 0 Å². The maximum absolute atomic E-state index is 13.2. The normalized spacial score (nSPS) is 15.8. The van der Waals surface area contributed by atoms with E-state index in [0.29, 0.717) is 19.6 Å². The number of hydrogen-bond acceptors (Lipinski definition) is 5. The van der Waals surface area contributed by atoms with Crippen LogP contribution in [-0.2, 0) is 0 Å². The van der Waals surface area contributed by atoms with Gasteiger partial charge >= 0.3 is 0 Å². The Balaban J connectivity index is 1.39. The second-order valence-electron chi connectivity index (χ2n) is 8.27. The first-order valence-electron chi connectivity index (χ1n) is 10.7. The number of aryl methyl sites for hydroxylation is 3. The number of amides is 1. The van der Waals surface area contributed by atoms with E-state index in [2.05, 4.69) is 36.9 Å². The molecule has 2 aromatic carbocycles. The van der Waals surface area contributed by atoms with Crippen molar-refractivity contribution in [2.45, 2.75) is 26.9 Å². The third-order valence-corrected chi connectivity index (χ3v) is 7.06. The first-order chi connectivity index (χ1) is 14.9. The largest absolute Gasteiger partial charge is 0.387 e. The van der Waals surface area contributed by atoms with E-state index in [4.69, 9.17) is 4.98 Å². The average molecular weight is 436 g/mol. The first kappa shape index (κ1) is 21.7. The van der Waals surface area contributed by atoms with E-state index in [9.17, 15) is 9.90 Å². The van der Waals surface area contributed by atoms with Gasteiger partial charge in [0.2, 0.25) is 0 Å². The van der Waals surface area contributed by atoms with E-state index in [1.54, 1.807) is 0 Å². The summed E-state index contributed by atoms with van der Waals surface area (Å²) in [5.41, 5.74) is 5.23. The zero-order valence-corrected chi connectivity index (χ0v) is 19.2. The molecule has 1 aliphatic rings. The van der Waals surface area contributed by atoms with Crippen LogP contribution in [0.2, 0.25) is 0 Å². The summed E-state index contributed by atoms with van der Waals surface area (Å²) >= 11 is 1.49. The minimum absolute atomic E-state index is 0.0641. The van der Waals surface area contributed by atoms with Gasteiger partial charge in [0.05, 0.1) is 11.8 Å².